The van der Waals surface area contributed by atoms with E-state index in [-0.39, 0.29) is 0 Å². The number of aliphatic carboxylic acids is 1. The molecular weight excluding hydrogens is 154 g/mol. The monoisotopic (exact) mass is 169 g/mol. The van der Waals surface area contributed by atoms with Gasteiger partial charge in [-0.25, -0.2) is 0 Å². The molecule has 2 rings (SSSR count). The Morgan fingerprint density at radius 3 is 2.75 bits per heavy atom. The molecule has 3 heteroatoms. The van der Waals surface area contributed by atoms with E-state index in [4.69, 9.17) is 5.11 Å². The summed E-state index contributed by atoms with van der Waals surface area (Å²) in [4.78, 5) is 10.5. The van der Waals surface area contributed by atoms with Gasteiger partial charge in [-0.05, 0) is 37.6 Å². The highest BCUT2D eigenvalue weighted by molar-refractivity contribution is 5.67. The first-order chi connectivity index (χ1) is 5.77. The van der Waals surface area contributed by atoms with Crippen molar-refractivity contribution in [3.8, 4) is 0 Å². The van der Waals surface area contributed by atoms with Crippen molar-refractivity contribution in [1.82, 2.24) is 5.32 Å². The van der Waals surface area contributed by atoms with E-state index in [0.717, 1.165) is 18.9 Å². The Morgan fingerprint density at radius 2 is 2.17 bits per heavy atom. The fourth-order valence-electron chi connectivity index (χ4n) is 2.24. The van der Waals surface area contributed by atoms with E-state index >= 15 is 0 Å². The van der Waals surface area contributed by atoms with E-state index < -0.39 is 5.97 Å². The standard InChI is InChI=1S/C9H15NO2/c11-8(12)5-7-3-4-10-9(7)6-1-2-6/h6-7,9-10H,1-5H2,(H,11,12). The van der Waals surface area contributed by atoms with E-state index in [1.807, 2.05) is 0 Å². The van der Waals surface area contributed by atoms with Crippen LogP contribution >= 0.6 is 0 Å². The molecule has 1 aliphatic carbocycles. The summed E-state index contributed by atoms with van der Waals surface area (Å²) in [5.41, 5.74) is 0. The molecule has 0 amide bonds. The molecular formula is C9H15NO2. The van der Waals surface area contributed by atoms with Crippen LogP contribution in [0.3, 0.4) is 0 Å². The van der Waals surface area contributed by atoms with Crippen molar-refractivity contribution in [2.45, 2.75) is 31.7 Å². The third-order valence-corrected chi connectivity index (χ3v) is 2.97. The molecule has 2 aliphatic rings. The average Bonchev–Trinajstić information content (AvgIpc) is 2.73. The van der Waals surface area contributed by atoms with Gasteiger partial charge in [-0.2, -0.15) is 0 Å². The van der Waals surface area contributed by atoms with Gasteiger partial charge >= 0.3 is 5.97 Å². The lowest BCUT2D eigenvalue weighted by atomic mass is 9.94. The molecule has 2 N–H and O–H groups in total. The van der Waals surface area contributed by atoms with Crippen molar-refractivity contribution >= 4 is 5.97 Å². The van der Waals surface area contributed by atoms with E-state index in [1.165, 1.54) is 12.8 Å². The topological polar surface area (TPSA) is 49.3 Å². The largest absolute Gasteiger partial charge is 0.481 e. The van der Waals surface area contributed by atoms with Gasteiger partial charge < -0.3 is 10.4 Å². The van der Waals surface area contributed by atoms with E-state index in [2.05, 4.69) is 5.32 Å². The van der Waals surface area contributed by atoms with E-state index in [9.17, 15) is 4.79 Å². The van der Waals surface area contributed by atoms with Crippen LogP contribution in [0.5, 0.6) is 0 Å². The Hall–Kier alpha value is -0.570. The molecule has 1 heterocycles. The minimum absolute atomic E-state index is 0.355. The minimum Gasteiger partial charge on any atom is -0.481 e. The Kier molecular flexibility index (Phi) is 2.05. The third kappa shape index (κ3) is 1.61. The van der Waals surface area contributed by atoms with Crippen LogP contribution in [0.4, 0.5) is 0 Å². The molecule has 0 aromatic rings. The first-order valence-electron chi connectivity index (χ1n) is 4.72. The van der Waals surface area contributed by atoms with Gasteiger partial charge in [0.25, 0.3) is 0 Å². The highest BCUT2D eigenvalue weighted by Crippen LogP contribution is 2.39. The van der Waals surface area contributed by atoms with Crippen LogP contribution in [-0.2, 0) is 4.79 Å². The summed E-state index contributed by atoms with van der Waals surface area (Å²) in [6, 6.07) is 0.515. The van der Waals surface area contributed by atoms with Crippen molar-refractivity contribution in [1.29, 1.82) is 0 Å². The summed E-state index contributed by atoms with van der Waals surface area (Å²) < 4.78 is 0. The van der Waals surface area contributed by atoms with Crippen molar-refractivity contribution in [2.75, 3.05) is 6.54 Å². The van der Waals surface area contributed by atoms with Gasteiger partial charge in [-0.3, -0.25) is 4.79 Å². The molecule has 0 spiro atoms. The lowest BCUT2D eigenvalue weighted by Crippen LogP contribution is -2.30. The molecule has 0 aromatic carbocycles. The van der Waals surface area contributed by atoms with Gasteiger partial charge in [0.1, 0.15) is 0 Å². The number of hydrogen-bond acceptors (Lipinski definition) is 2. The fraction of sp³-hybridized carbons (Fsp3) is 0.889. The lowest BCUT2D eigenvalue weighted by Gasteiger charge is -2.16. The molecule has 0 aromatic heterocycles. The summed E-state index contributed by atoms with van der Waals surface area (Å²) in [7, 11) is 0. The summed E-state index contributed by atoms with van der Waals surface area (Å²) >= 11 is 0. The van der Waals surface area contributed by atoms with Gasteiger partial charge in [0.15, 0.2) is 0 Å². The van der Waals surface area contributed by atoms with Crippen LogP contribution in [-0.4, -0.2) is 23.7 Å². The van der Waals surface area contributed by atoms with Crippen LogP contribution in [0.1, 0.15) is 25.7 Å². The van der Waals surface area contributed by atoms with Crippen LogP contribution < -0.4 is 5.32 Å². The van der Waals surface area contributed by atoms with Crippen molar-refractivity contribution in [3.05, 3.63) is 0 Å². The third-order valence-electron chi connectivity index (χ3n) is 2.97. The Morgan fingerprint density at radius 1 is 1.42 bits per heavy atom. The number of carboxylic acid groups (broad SMARTS) is 1. The van der Waals surface area contributed by atoms with Gasteiger partial charge in [-0.15, -0.1) is 0 Å². The number of rotatable bonds is 3. The van der Waals surface area contributed by atoms with Gasteiger partial charge in [0.2, 0.25) is 0 Å². The lowest BCUT2D eigenvalue weighted by molar-refractivity contribution is -0.138. The molecule has 1 aliphatic heterocycles. The maximum Gasteiger partial charge on any atom is 0.303 e. The second-order valence-corrected chi connectivity index (χ2v) is 3.96. The van der Waals surface area contributed by atoms with Gasteiger partial charge in [-0.1, -0.05) is 0 Å². The number of nitrogens with one attached hydrogen (secondary N) is 1. The molecule has 2 unspecified atom stereocenters. The highest BCUT2D eigenvalue weighted by Gasteiger charge is 2.39. The molecule has 2 atom stereocenters. The number of carbonyl (C=O) groups is 1. The van der Waals surface area contributed by atoms with E-state index in [1.54, 1.807) is 0 Å². The first kappa shape index (κ1) is 8.05. The minimum atomic E-state index is -0.644. The molecule has 68 valence electrons. The smallest absolute Gasteiger partial charge is 0.303 e. The van der Waals surface area contributed by atoms with Crippen molar-refractivity contribution in [2.24, 2.45) is 11.8 Å². The number of carboxylic acids is 1. The Labute approximate surface area is 72.2 Å². The van der Waals surface area contributed by atoms with Gasteiger partial charge in [0.05, 0.1) is 0 Å². The molecule has 1 saturated carbocycles. The quantitative estimate of drug-likeness (QED) is 0.658. The summed E-state index contributed by atoms with van der Waals surface area (Å²) in [6.07, 6.45) is 4.00. The molecule has 3 nitrogen and oxygen atoms in total. The maximum absolute atomic E-state index is 10.5. The molecule has 0 radical (unpaired) electrons. The maximum atomic E-state index is 10.5. The molecule has 1 saturated heterocycles. The average molecular weight is 169 g/mol. The van der Waals surface area contributed by atoms with Crippen LogP contribution in [0.15, 0.2) is 0 Å². The molecule has 0 bridgehead atoms. The second kappa shape index (κ2) is 3.05. The number of hydrogen-bond donors (Lipinski definition) is 2. The van der Waals surface area contributed by atoms with Crippen molar-refractivity contribution < 1.29 is 9.90 Å². The zero-order valence-corrected chi connectivity index (χ0v) is 7.12. The Balaban J connectivity index is 1.89. The normalized spacial score (nSPS) is 35.3. The predicted molar refractivity (Wildman–Crippen MR) is 44.9 cm³/mol. The van der Waals surface area contributed by atoms with Crippen molar-refractivity contribution in [3.63, 3.8) is 0 Å². The van der Waals surface area contributed by atoms with E-state index in [0.29, 0.717) is 18.4 Å². The summed E-state index contributed by atoms with van der Waals surface area (Å²) in [6.45, 7) is 1.01. The SMILES string of the molecule is O=C(O)CC1CCNC1C1CC1. The van der Waals surface area contributed by atoms with Gasteiger partial charge in [0, 0.05) is 12.5 Å². The first-order valence-corrected chi connectivity index (χ1v) is 4.72. The zero-order chi connectivity index (χ0) is 8.55. The molecule has 2 fully saturated rings. The van der Waals surface area contributed by atoms with Crippen LogP contribution in [0.25, 0.3) is 0 Å². The van der Waals surface area contributed by atoms with Crippen LogP contribution in [0, 0.1) is 11.8 Å². The molecule has 12 heavy (non-hydrogen) atoms. The zero-order valence-electron chi connectivity index (χ0n) is 7.12. The predicted octanol–water partition coefficient (Wildman–Crippen LogP) is 0.849. The van der Waals surface area contributed by atoms with Crippen LogP contribution in [0.2, 0.25) is 0 Å². The highest BCUT2D eigenvalue weighted by atomic mass is 16.4. The summed E-state index contributed by atoms with van der Waals surface area (Å²) in [5, 5.41) is 12.1. The summed E-state index contributed by atoms with van der Waals surface area (Å²) in [5.74, 6) is 0.543. The Bertz CT molecular complexity index is 189. The fourth-order valence-corrected chi connectivity index (χ4v) is 2.24. The second-order valence-electron chi connectivity index (χ2n) is 3.96.